The Kier molecular flexibility index (Phi) is 5.29. The molecule has 0 aliphatic rings. The number of aromatic hydroxyl groups is 1. The van der Waals surface area contributed by atoms with E-state index in [-0.39, 0.29) is 27.7 Å². The number of hydrogen-bond donors (Lipinski definition) is 2. The van der Waals surface area contributed by atoms with Gasteiger partial charge in [-0.25, -0.2) is 4.39 Å². The van der Waals surface area contributed by atoms with Gasteiger partial charge in [0.15, 0.2) is 11.5 Å². The third-order valence-electron chi connectivity index (χ3n) is 4.08. The van der Waals surface area contributed by atoms with Crippen LogP contribution in [0.4, 0.5) is 15.8 Å². The fourth-order valence-corrected chi connectivity index (χ4v) is 2.94. The molecule has 0 radical (unpaired) electrons. The molecule has 0 bridgehead atoms. The summed E-state index contributed by atoms with van der Waals surface area (Å²) in [5, 5.41) is 22.4. The third kappa shape index (κ3) is 3.17. The SMILES string of the molecule is COc1cc2c(Nc3cc(O)c(Cl)cc3F)c(C#N)cnc2c(OC)c1OC. The number of benzene rings is 2. The van der Waals surface area contributed by atoms with Gasteiger partial charge in [-0.15, -0.1) is 0 Å². The number of nitrogens with one attached hydrogen (secondary N) is 1. The number of rotatable bonds is 5. The van der Waals surface area contributed by atoms with Crippen molar-refractivity contribution in [3.63, 3.8) is 0 Å². The van der Waals surface area contributed by atoms with E-state index in [1.165, 1.54) is 27.5 Å². The lowest BCUT2D eigenvalue weighted by molar-refractivity contribution is 0.327. The van der Waals surface area contributed by atoms with Gasteiger partial charge >= 0.3 is 0 Å². The second-order valence-electron chi connectivity index (χ2n) is 5.61. The summed E-state index contributed by atoms with van der Waals surface area (Å²) in [6.45, 7) is 0. The number of pyridine rings is 1. The minimum Gasteiger partial charge on any atom is -0.506 e. The molecular weight excluding hydrogens is 389 g/mol. The molecule has 0 atom stereocenters. The first-order valence-electron chi connectivity index (χ1n) is 7.91. The molecule has 0 aliphatic heterocycles. The summed E-state index contributed by atoms with van der Waals surface area (Å²) in [7, 11) is 4.36. The molecule has 7 nitrogen and oxygen atoms in total. The molecule has 3 rings (SSSR count). The Labute approximate surface area is 164 Å². The van der Waals surface area contributed by atoms with Gasteiger partial charge in [0.1, 0.15) is 23.2 Å². The number of fused-ring (bicyclic) bond motifs is 1. The van der Waals surface area contributed by atoms with E-state index >= 15 is 0 Å². The van der Waals surface area contributed by atoms with Gasteiger partial charge in [-0.1, -0.05) is 11.6 Å². The van der Waals surface area contributed by atoms with E-state index in [4.69, 9.17) is 25.8 Å². The summed E-state index contributed by atoms with van der Waals surface area (Å²) in [5.74, 6) is -0.0469. The first-order valence-corrected chi connectivity index (χ1v) is 8.29. The van der Waals surface area contributed by atoms with Gasteiger partial charge in [0, 0.05) is 17.6 Å². The van der Waals surface area contributed by atoms with E-state index < -0.39 is 5.82 Å². The van der Waals surface area contributed by atoms with Crippen molar-refractivity contribution >= 4 is 33.9 Å². The number of nitriles is 1. The predicted molar refractivity (Wildman–Crippen MR) is 102 cm³/mol. The molecule has 28 heavy (non-hydrogen) atoms. The van der Waals surface area contributed by atoms with Gasteiger partial charge in [-0.3, -0.25) is 4.98 Å². The maximum absolute atomic E-state index is 14.3. The normalized spacial score (nSPS) is 10.4. The van der Waals surface area contributed by atoms with Crippen LogP contribution in [-0.2, 0) is 0 Å². The zero-order chi connectivity index (χ0) is 20.4. The summed E-state index contributed by atoms with van der Waals surface area (Å²) in [6, 6.07) is 5.70. The maximum Gasteiger partial charge on any atom is 0.205 e. The van der Waals surface area contributed by atoms with Crippen molar-refractivity contribution in [2.24, 2.45) is 0 Å². The van der Waals surface area contributed by atoms with Crippen LogP contribution in [0, 0.1) is 17.1 Å². The average molecular weight is 404 g/mol. The zero-order valence-corrected chi connectivity index (χ0v) is 15.9. The lowest BCUT2D eigenvalue weighted by atomic mass is 10.1. The van der Waals surface area contributed by atoms with Crippen LogP contribution in [0.5, 0.6) is 23.0 Å². The van der Waals surface area contributed by atoms with Gasteiger partial charge in [-0.2, -0.15) is 5.26 Å². The fraction of sp³-hybridized carbons (Fsp3) is 0.158. The smallest absolute Gasteiger partial charge is 0.205 e. The van der Waals surface area contributed by atoms with E-state index in [1.807, 2.05) is 6.07 Å². The molecule has 0 unspecified atom stereocenters. The molecule has 2 N–H and O–H groups in total. The standard InChI is InChI=1S/C19H15ClFN3O4/c1-26-15-4-10-16(24-13-6-14(25)11(20)5-12(13)21)9(7-22)8-23-17(10)19(28-3)18(15)27-2/h4-6,8,25H,1-3H3,(H,23,24). The summed E-state index contributed by atoms with van der Waals surface area (Å²) in [5.41, 5.74) is 0.711. The molecule has 0 fully saturated rings. The molecule has 0 spiro atoms. The number of phenols is 1. The van der Waals surface area contributed by atoms with Crippen molar-refractivity contribution in [3.8, 4) is 29.1 Å². The molecule has 2 aromatic carbocycles. The quantitative estimate of drug-likeness (QED) is 0.652. The lowest BCUT2D eigenvalue weighted by Gasteiger charge is -2.17. The van der Waals surface area contributed by atoms with Crippen LogP contribution >= 0.6 is 11.6 Å². The Balaban J connectivity index is 2.32. The zero-order valence-electron chi connectivity index (χ0n) is 15.1. The summed E-state index contributed by atoms with van der Waals surface area (Å²) >= 11 is 5.73. The number of nitrogens with zero attached hydrogens (tertiary/aromatic N) is 2. The summed E-state index contributed by atoms with van der Waals surface area (Å²) in [4.78, 5) is 4.28. The van der Waals surface area contributed by atoms with Crippen LogP contribution in [0.1, 0.15) is 5.56 Å². The van der Waals surface area contributed by atoms with Gasteiger partial charge in [0.05, 0.1) is 43.3 Å². The number of aromatic nitrogens is 1. The highest BCUT2D eigenvalue weighted by molar-refractivity contribution is 6.32. The minimum atomic E-state index is -0.705. The monoisotopic (exact) mass is 403 g/mol. The molecule has 144 valence electrons. The molecular formula is C19H15ClFN3O4. The van der Waals surface area contributed by atoms with Gasteiger partial charge in [0.25, 0.3) is 0 Å². The van der Waals surface area contributed by atoms with Crippen molar-refractivity contribution in [1.29, 1.82) is 5.26 Å². The highest BCUT2D eigenvalue weighted by Crippen LogP contribution is 2.45. The van der Waals surface area contributed by atoms with E-state index in [2.05, 4.69) is 10.3 Å². The summed E-state index contributed by atoms with van der Waals surface area (Å²) < 4.78 is 30.5. The Morgan fingerprint density at radius 3 is 2.46 bits per heavy atom. The van der Waals surface area contributed by atoms with Gasteiger partial charge in [-0.05, 0) is 12.1 Å². The third-order valence-corrected chi connectivity index (χ3v) is 4.38. The van der Waals surface area contributed by atoms with Crippen LogP contribution in [0.15, 0.2) is 24.4 Å². The Morgan fingerprint density at radius 1 is 1.14 bits per heavy atom. The average Bonchev–Trinajstić information content (AvgIpc) is 2.70. The lowest BCUT2D eigenvalue weighted by Crippen LogP contribution is -2.02. The Morgan fingerprint density at radius 2 is 1.86 bits per heavy atom. The van der Waals surface area contributed by atoms with Crippen LogP contribution in [0.25, 0.3) is 10.9 Å². The molecule has 0 saturated heterocycles. The Bertz CT molecular complexity index is 1110. The second-order valence-corrected chi connectivity index (χ2v) is 6.02. The summed E-state index contributed by atoms with van der Waals surface area (Å²) in [6.07, 6.45) is 1.33. The molecule has 0 amide bonds. The fourth-order valence-electron chi connectivity index (χ4n) is 2.79. The van der Waals surface area contributed by atoms with E-state index in [0.29, 0.717) is 28.2 Å². The maximum atomic E-state index is 14.3. The van der Waals surface area contributed by atoms with Crippen LogP contribution in [-0.4, -0.2) is 31.4 Å². The highest BCUT2D eigenvalue weighted by atomic mass is 35.5. The number of methoxy groups -OCH3 is 3. The van der Waals surface area contributed by atoms with Crippen molar-refractivity contribution < 1.29 is 23.7 Å². The first-order chi connectivity index (χ1) is 13.4. The molecule has 1 aromatic heterocycles. The van der Waals surface area contributed by atoms with E-state index in [0.717, 1.165) is 12.1 Å². The number of ether oxygens (including phenoxy) is 3. The van der Waals surface area contributed by atoms with Crippen molar-refractivity contribution in [2.75, 3.05) is 26.6 Å². The molecule has 9 heteroatoms. The van der Waals surface area contributed by atoms with Gasteiger partial charge < -0.3 is 24.6 Å². The van der Waals surface area contributed by atoms with E-state index in [1.54, 1.807) is 6.07 Å². The number of phenolic OH excluding ortho intramolecular Hbond substituents is 1. The topological polar surface area (TPSA) is 96.6 Å². The molecule has 1 heterocycles. The molecule has 3 aromatic rings. The van der Waals surface area contributed by atoms with Crippen molar-refractivity contribution in [2.45, 2.75) is 0 Å². The van der Waals surface area contributed by atoms with Crippen LogP contribution < -0.4 is 19.5 Å². The van der Waals surface area contributed by atoms with Crippen LogP contribution in [0.3, 0.4) is 0 Å². The van der Waals surface area contributed by atoms with Crippen molar-refractivity contribution in [3.05, 3.63) is 40.8 Å². The van der Waals surface area contributed by atoms with E-state index in [9.17, 15) is 14.8 Å². The van der Waals surface area contributed by atoms with Crippen LogP contribution in [0.2, 0.25) is 5.02 Å². The minimum absolute atomic E-state index is 0.0698. The largest absolute Gasteiger partial charge is 0.506 e. The number of hydrogen-bond acceptors (Lipinski definition) is 7. The Hall–Kier alpha value is -3.44. The molecule has 0 saturated carbocycles. The molecule has 0 aliphatic carbocycles. The van der Waals surface area contributed by atoms with Crippen molar-refractivity contribution in [1.82, 2.24) is 4.98 Å². The second kappa shape index (κ2) is 7.66. The number of anilines is 2. The highest BCUT2D eigenvalue weighted by Gasteiger charge is 2.21. The van der Waals surface area contributed by atoms with Gasteiger partial charge in [0.2, 0.25) is 5.75 Å². The number of halogens is 2. The predicted octanol–water partition coefficient (Wildman–Crippen LogP) is 4.37. The first kappa shape index (κ1) is 19.3.